The Hall–Kier alpha value is -4.51. The van der Waals surface area contributed by atoms with Gasteiger partial charge in [0.2, 0.25) is 0 Å². The molecule has 0 heterocycles. The van der Waals surface area contributed by atoms with Crippen LogP contribution in [0, 0.1) is 11.8 Å². The van der Waals surface area contributed by atoms with E-state index in [0.29, 0.717) is 52.0 Å². The van der Waals surface area contributed by atoms with Crippen molar-refractivity contribution in [3.8, 4) is 46.3 Å². The molecule has 0 spiro atoms. The Bertz CT molecular complexity index is 1320. The third-order valence-corrected chi connectivity index (χ3v) is 5.75. The van der Waals surface area contributed by atoms with E-state index in [1.165, 1.54) is 0 Å². The van der Waals surface area contributed by atoms with Crippen LogP contribution in [-0.2, 0) is 11.2 Å². The highest BCUT2D eigenvalue weighted by Gasteiger charge is 2.27. The van der Waals surface area contributed by atoms with Crippen molar-refractivity contribution in [2.45, 2.75) is 12.5 Å². The summed E-state index contributed by atoms with van der Waals surface area (Å²) < 4.78 is 38.3. The molecular formula is C28H26O8. The highest BCUT2D eigenvalue weighted by molar-refractivity contribution is 5.66. The van der Waals surface area contributed by atoms with E-state index < -0.39 is 12.3 Å². The number of fused-ring (bicyclic) bond motifs is 2. The number of benzene rings is 3. The number of carbonyl (C=O) groups excluding carboxylic acids is 1. The summed E-state index contributed by atoms with van der Waals surface area (Å²) in [4.78, 5) is 12.8. The van der Waals surface area contributed by atoms with Gasteiger partial charge in [-0.05, 0) is 48.0 Å². The van der Waals surface area contributed by atoms with Crippen LogP contribution in [0.5, 0.6) is 34.5 Å². The molecule has 1 aliphatic carbocycles. The zero-order chi connectivity index (χ0) is 25.7. The summed E-state index contributed by atoms with van der Waals surface area (Å²) >= 11 is 0. The van der Waals surface area contributed by atoms with Crippen LogP contribution in [0.15, 0.2) is 48.5 Å². The molecule has 8 heteroatoms. The van der Waals surface area contributed by atoms with Gasteiger partial charge < -0.3 is 33.2 Å². The van der Waals surface area contributed by atoms with Crippen LogP contribution in [0.3, 0.4) is 0 Å². The summed E-state index contributed by atoms with van der Waals surface area (Å²) in [5, 5.41) is 0. The average molecular weight is 491 g/mol. The third-order valence-electron chi connectivity index (χ3n) is 5.75. The van der Waals surface area contributed by atoms with E-state index in [4.69, 9.17) is 33.2 Å². The van der Waals surface area contributed by atoms with Crippen molar-refractivity contribution in [1.82, 2.24) is 0 Å². The molecule has 1 unspecified atom stereocenters. The molecule has 0 bridgehead atoms. The van der Waals surface area contributed by atoms with Gasteiger partial charge in [0.25, 0.3) is 0 Å². The Balaban J connectivity index is 1.75. The molecule has 0 amide bonds. The fraction of sp³-hybridized carbons (Fsp3) is 0.250. The summed E-state index contributed by atoms with van der Waals surface area (Å²) in [6.45, 7) is 0. The highest BCUT2D eigenvalue weighted by Crippen LogP contribution is 2.39. The molecule has 0 N–H and O–H groups in total. The minimum Gasteiger partial charge on any atom is -0.497 e. The van der Waals surface area contributed by atoms with E-state index in [0.717, 1.165) is 11.1 Å². The minimum absolute atomic E-state index is 0.310. The first-order chi connectivity index (χ1) is 17.5. The Kier molecular flexibility index (Phi) is 7.40. The number of ether oxygens (including phenoxy) is 7. The van der Waals surface area contributed by atoms with Crippen molar-refractivity contribution < 1.29 is 38.0 Å². The summed E-state index contributed by atoms with van der Waals surface area (Å²) in [6, 6.07) is 13.8. The molecule has 0 aliphatic heterocycles. The molecule has 36 heavy (non-hydrogen) atoms. The molecule has 0 saturated heterocycles. The van der Waals surface area contributed by atoms with Gasteiger partial charge in [0.15, 0.2) is 23.0 Å². The predicted octanol–water partition coefficient (Wildman–Crippen LogP) is 4.94. The maximum Gasteiger partial charge on any atom is 0.514 e. The molecule has 186 valence electrons. The fourth-order valence-electron chi connectivity index (χ4n) is 3.91. The van der Waals surface area contributed by atoms with E-state index >= 15 is 0 Å². The Morgan fingerprint density at radius 1 is 0.694 bits per heavy atom. The lowest BCUT2D eigenvalue weighted by molar-refractivity contribution is 0.0576. The van der Waals surface area contributed by atoms with E-state index in [-0.39, 0.29) is 0 Å². The van der Waals surface area contributed by atoms with Crippen molar-refractivity contribution in [2.24, 2.45) is 0 Å². The summed E-state index contributed by atoms with van der Waals surface area (Å²) in [6.07, 6.45) is -1.29. The van der Waals surface area contributed by atoms with E-state index in [9.17, 15) is 4.79 Å². The van der Waals surface area contributed by atoms with Crippen molar-refractivity contribution in [2.75, 3.05) is 35.5 Å². The van der Waals surface area contributed by atoms with Gasteiger partial charge in [-0.25, -0.2) is 4.79 Å². The molecule has 4 rings (SSSR count). The first-order valence-corrected chi connectivity index (χ1v) is 11.0. The second-order valence-electron chi connectivity index (χ2n) is 7.75. The van der Waals surface area contributed by atoms with Gasteiger partial charge in [-0.2, -0.15) is 0 Å². The quantitative estimate of drug-likeness (QED) is 0.262. The molecule has 3 aromatic rings. The Morgan fingerprint density at radius 2 is 1.22 bits per heavy atom. The lowest BCUT2D eigenvalue weighted by Gasteiger charge is -2.23. The first-order valence-electron chi connectivity index (χ1n) is 11.0. The fourth-order valence-corrected chi connectivity index (χ4v) is 3.91. The average Bonchev–Trinajstić information content (AvgIpc) is 2.90. The monoisotopic (exact) mass is 490 g/mol. The van der Waals surface area contributed by atoms with Crippen LogP contribution in [-0.4, -0.2) is 41.7 Å². The third kappa shape index (κ3) is 5.10. The lowest BCUT2D eigenvalue weighted by Crippen LogP contribution is -2.19. The maximum absolute atomic E-state index is 12.8. The van der Waals surface area contributed by atoms with Crippen molar-refractivity contribution >= 4 is 6.16 Å². The van der Waals surface area contributed by atoms with Crippen molar-refractivity contribution in [3.63, 3.8) is 0 Å². The minimum atomic E-state index is -0.860. The predicted molar refractivity (Wildman–Crippen MR) is 132 cm³/mol. The van der Waals surface area contributed by atoms with Gasteiger partial charge in [-0.1, -0.05) is 11.8 Å². The number of carbonyl (C=O) groups is 1. The first kappa shape index (κ1) is 24.6. The van der Waals surface area contributed by atoms with Crippen LogP contribution < -0.4 is 28.4 Å². The molecule has 1 aliphatic rings. The molecule has 0 fully saturated rings. The zero-order valence-corrected chi connectivity index (χ0v) is 20.7. The van der Waals surface area contributed by atoms with Gasteiger partial charge in [-0.15, -0.1) is 0 Å². The van der Waals surface area contributed by atoms with Gasteiger partial charge in [0.1, 0.15) is 17.6 Å². The van der Waals surface area contributed by atoms with E-state index in [2.05, 4.69) is 11.8 Å². The Labute approximate surface area is 209 Å². The smallest absolute Gasteiger partial charge is 0.497 e. The summed E-state index contributed by atoms with van der Waals surface area (Å²) in [5.41, 5.74) is 2.84. The number of hydrogen-bond acceptors (Lipinski definition) is 8. The van der Waals surface area contributed by atoms with Gasteiger partial charge in [0, 0.05) is 29.2 Å². The number of rotatable bonds is 7. The Morgan fingerprint density at radius 3 is 1.83 bits per heavy atom. The van der Waals surface area contributed by atoms with Crippen LogP contribution in [0.1, 0.15) is 28.4 Å². The van der Waals surface area contributed by atoms with Crippen molar-refractivity contribution in [3.05, 3.63) is 70.8 Å². The highest BCUT2D eigenvalue weighted by atomic mass is 16.7. The van der Waals surface area contributed by atoms with Gasteiger partial charge in [-0.3, -0.25) is 0 Å². The lowest BCUT2D eigenvalue weighted by atomic mass is 9.91. The van der Waals surface area contributed by atoms with E-state index in [1.54, 1.807) is 78.0 Å². The molecule has 0 radical (unpaired) electrons. The molecule has 8 nitrogen and oxygen atoms in total. The van der Waals surface area contributed by atoms with E-state index in [1.807, 2.05) is 6.07 Å². The molecule has 3 aromatic carbocycles. The van der Waals surface area contributed by atoms with Gasteiger partial charge >= 0.3 is 6.16 Å². The molecule has 1 atom stereocenters. The van der Waals surface area contributed by atoms with Crippen LogP contribution in [0.4, 0.5) is 4.79 Å². The number of hydrogen-bond donors (Lipinski definition) is 0. The molecule has 0 aromatic heterocycles. The second-order valence-corrected chi connectivity index (χ2v) is 7.75. The molecule has 0 saturated carbocycles. The largest absolute Gasteiger partial charge is 0.514 e. The molecular weight excluding hydrogens is 464 g/mol. The van der Waals surface area contributed by atoms with Crippen molar-refractivity contribution in [1.29, 1.82) is 0 Å². The topological polar surface area (TPSA) is 81.7 Å². The van der Waals surface area contributed by atoms with Crippen LogP contribution >= 0.6 is 0 Å². The summed E-state index contributed by atoms with van der Waals surface area (Å²) in [5.74, 6) is 9.44. The zero-order valence-electron chi connectivity index (χ0n) is 20.7. The maximum atomic E-state index is 12.8. The number of methoxy groups -OCH3 is 5. The second kappa shape index (κ2) is 10.8. The van der Waals surface area contributed by atoms with Crippen LogP contribution in [0.2, 0.25) is 0 Å². The standard InChI is InChI=1S/C28H26O8/c1-30-20-8-10-21(11-9-20)35-28(29)36-23-14-19-15-26(33-4)24(31-2)12-17(19)6-7-18-13-25(32-3)27(34-5)16-22(18)23/h8-13,15-16,23H,14H2,1-5H3. The van der Waals surface area contributed by atoms with Crippen LogP contribution in [0.25, 0.3) is 0 Å². The van der Waals surface area contributed by atoms with Gasteiger partial charge in [0.05, 0.1) is 35.5 Å². The SMILES string of the molecule is COc1ccc(OC(=O)OC2Cc3cc(OC)c(OC)cc3C#Cc3cc(OC)c(OC)cc32)cc1. The summed E-state index contributed by atoms with van der Waals surface area (Å²) in [7, 11) is 7.77. The normalized spacial score (nSPS) is 13.4.